The van der Waals surface area contributed by atoms with E-state index < -0.39 is 0 Å². The van der Waals surface area contributed by atoms with E-state index in [1.165, 1.54) is 0 Å². The van der Waals surface area contributed by atoms with Gasteiger partial charge in [0.25, 0.3) is 0 Å². The Morgan fingerprint density at radius 1 is 1.18 bits per heavy atom. The number of halogens is 1. The summed E-state index contributed by atoms with van der Waals surface area (Å²) in [6.45, 7) is 0.345. The van der Waals surface area contributed by atoms with Gasteiger partial charge in [0, 0.05) is 0 Å². The van der Waals surface area contributed by atoms with E-state index in [2.05, 4.69) is 20.9 Å². The second-order valence-corrected chi connectivity index (χ2v) is 4.20. The van der Waals surface area contributed by atoms with E-state index in [1.54, 1.807) is 12.1 Å². The Balaban J connectivity index is 2.08. The first-order valence-corrected chi connectivity index (χ1v) is 5.82. The molecule has 0 unspecified atom stereocenters. The summed E-state index contributed by atoms with van der Waals surface area (Å²) < 4.78 is 6.50. The van der Waals surface area contributed by atoms with Crippen LogP contribution in [0.25, 0.3) is 0 Å². The van der Waals surface area contributed by atoms with Crippen LogP contribution < -0.4 is 4.74 Å². The number of para-hydroxylation sites is 1. The molecule has 17 heavy (non-hydrogen) atoms. The van der Waals surface area contributed by atoms with Gasteiger partial charge in [-0.2, -0.15) is 5.26 Å². The van der Waals surface area contributed by atoms with Crippen LogP contribution in [-0.2, 0) is 6.61 Å². The van der Waals surface area contributed by atoms with E-state index >= 15 is 0 Å². The van der Waals surface area contributed by atoms with Gasteiger partial charge in [-0.05, 0) is 40.2 Å². The molecular weight excluding hydrogens is 280 g/mol. The topological polar surface area (TPSA) is 45.9 Å². The highest BCUT2D eigenvalue weighted by Gasteiger charge is 2.01. The molecule has 1 aromatic carbocycles. The van der Waals surface area contributed by atoms with Crippen molar-refractivity contribution < 1.29 is 4.74 Å². The molecule has 0 fully saturated rings. The molecule has 1 aromatic heterocycles. The van der Waals surface area contributed by atoms with Gasteiger partial charge in [-0.1, -0.05) is 18.2 Å². The molecule has 0 amide bonds. The molecule has 4 heteroatoms. The molecule has 0 radical (unpaired) electrons. The van der Waals surface area contributed by atoms with Crippen molar-refractivity contribution in [2.24, 2.45) is 0 Å². The number of aromatic nitrogens is 1. The number of ether oxygens (including phenoxy) is 1. The zero-order chi connectivity index (χ0) is 12.1. The standard InChI is InChI=1S/C13H9BrN2O/c14-12-6-1-2-7-13(12)17-9-11-5-3-4-10(8-15)16-11/h1-7H,9H2. The van der Waals surface area contributed by atoms with Crippen molar-refractivity contribution in [2.45, 2.75) is 6.61 Å². The third kappa shape index (κ3) is 3.05. The summed E-state index contributed by atoms with van der Waals surface area (Å²) in [5.74, 6) is 0.761. The minimum absolute atomic E-state index is 0.345. The maximum atomic E-state index is 8.73. The number of hydrogen-bond donors (Lipinski definition) is 0. The molecule has 1 heterocycles. The average molecular weight is 289 g/mol. The molecule has 0 aliphatic rings. The Morgan fingerprint density at radius 3 is 2.76 bits per heavy atom. The van der Waals surface area contributed by atoms with Crippen molar-refractivity contribution in [1.29, 1.82) is 5.26 Å². The van der Waals surface area contributed by atoms with Gasteiger partial charge in [0.05, 0.1) is 10.2 Å². The molecule has 0 saturated heterocycles. The highest BCUT2D eigenvalue weighted by Crippen LogP contribution is 2.24. The molecule has 0 N–H and O–H groups in total. The Bertz CT molecular complexity index is 563. The van der Waals surface area contributed by atoms with Gasteiger partial charge < -0.3 is 4.74 Å². The van der Waals surface area contributed by atoms with Crippen molar-refractivity contribution in [2.75, 3.05) is 0 Å². The Morgan fingerprint density at radius 2 is 2.00 bits per heavy atom. The van der Waals surface area contributed by atoms with Crippen molar-refractivity contribution in [3.05, 3.63) is 58.3 Å². The Kier molecular flexibility index (Phi) is 3.73. The van der Waals surface area contributed by atoms with Crippen LogP contribution in [-0.4, -0.2) is 4.98 Å². The maximum Gasteiger partial charge on any atom is 0.140 e. The largest absolute Gasteiger partial charge is 0.486 e. The number of pyridine rings is 1. The number of benzene rings is 1. The van der Waals surface area contributed by atoms with E-state index in [0.717, 1.165) is 15.9 Å². The summed E-state index contributed by atoms with van der Waals surface area (Å²) in [6.07, 6.45) is 0. The maximum absolute atomic E-state index is 8.73. The van der Waals surface area contributed by atoms with Crippen molar-refractivity contribution in [3.63, 3.8) is 0 Å². The third-order valence-corrected chi connectivity index (χ3v) is 2.79. The lowest BCUT2D eigenvalue weighted by Crippen LogP contribution is -1.99. The fourth-order valence-electron chi connectivity index (χ4n) is 1.34. The molecule has 2 rings (SSSR count). The van der Waals surface area contributed by atoms with Crippen LogP contribution in [0.2, 0.25) is 0 Å². The minimum atomic E-state index is 0.345. The minimum Gasteiger partial charge on any atom is -0.486 e. The lowest BCUT2D eigenvalue weighted by molar-refractivity contribution is 0.299. The van der Waals surface area contributed by atoms with Gasteiger partial charge >= 0.3 is 0 Å². The summed E-state index contributed by atoms with van der Waals surface area (Å²) in [5.41, 5.74) is 1.14. The highest BCUT2D eigenvalue weighted by atomic mass is 79.9. The first-order chi connectivity index (χ1) is 8.29. The van der Waals surface area contributed by atoms with Crippen LogP contribution in [0.15, 0.2) is 46.9 Å². The lowest BCUT2D eigenvalue weighted by atomic mass is 10.3. The van der Waals surface area contributed by atoms with Crippen molar-refractivity contribution in [1.82, 2.24) is 4.98 Å². The van der Waals surface area contributed by atoms with Gasteiger partial charge in [-0.3, -0.25) is 0 Å². The molecular formula is C13H9BrN2O. The molecule has 0 aliphatic carbocycles. The van der Waals surface area contributed by atoms with E-state index in [1.807, 2.05) is 36.4 Å². The first kappa shape index (κ1) is 11.6. The molecule has 0 atom stereocenters. The van der Waals surface area contributed by atoms with Gasteiger partial charge in [0.15, 0.2) is 0 Å². The van der Waals surface area contributed by atoms with Crippen LogP contribution in [0.5, 0.6) is 5.75 Å². The predicted molar refractivity (Wildman–Crippen MR) is 67.4 cm³/mol. The average Bonchev–Trinajstić information content (AvgIpc) is 2.38. The van der Waals surface area contributed by atoms with Crippen LogP contribution in [0.1, 0.15) is 11.4 Å². The highest BCUT2D eigenvalue weighted by molar-refractivity contribution is 9.10. The van der Waals surface area contributed by atoms with Crippen LogP contribution in [0, 0.1) is 11.3 Å². The summed E-state index contributed by atoms with van der Waals surface area (Å²) in [7, 11) is 0. The van der Waals surface area contributed by atoms with E-state index in [4.69, 9.17) is 10.00 Å². The van der Waals surface area contributed by atoms with E-state index in [9.17, 15) is 0 Å². The normalized spacial score (nSPS) is 9.65. The Labute approximate surface area is 108 Å². The van der Waals surface area contributed by atoms with E-state index in [0.29, 0.717) is 12.3 Å². The smallest absolute Gasteiger partial charge is 0.140 e. The van der Waals surface area contributed by atoms with Crippen molar-refractivity contribution in [3.8, 4) is 11.8 Å². The first-order valence-electron chi connectivity index (χ1n) is 5.03. The summed E-state index contributed by atoms with van der Waals surface area (Å²) in [4.78, 5) is 4.13. The molecule has 0 bridgehead atoms. The number of rotatable bonds is 3. The predicted octanol–water partition coefficient (Wildman–Crippen LogP) is 3.29. The number of nitrogens with zero attached hydrogens (tertiary/aromatic N) is 2. The second kappa shape index (κ2) is 5.46. The van der Waals surface area contributed by atoms with Gasteiger partial charge in [-0.15, -0.1) is 0 Å². The second-order valence-electron chi connectivity index (χ2n) is 3.35. The zero-order valence-electron chi connectivity index (χ0n) is 8.93. The SMILES string of the molecule is N#Cc1cccc(COc2ccccc2Br)n1. The fraction of sp³-hybridized carbons (Fsp3) is 0.0769. The van der Waals surface area contributed by atoms with E-state index in [-0.39, 0.29) is 0 Å². The van der Waals surface area contributed by atoms with Gasteiger partial charge in [0.2, 0.25) is 0 Å². The zero-order valence-corrected chi connectivity index (χ0v) is 10.5. The quantitative estimate of drug-likeness (QED) is 0.871. The van der Waals surface area contributed by atoms with Crippen molar-refractivity contribution >= 4 is 15.9 Å². The molecule has 2 aromatic rings. The third-order valence-electron chi connectivity index (χ3n) is 2.13. The Hall–Kier alpha value is -1.86. The summed E-state index contributed by atoms with van der Waals surface area (Å²) >= 11 is 3.40. The van der Waals surface area contributed by atoms with Gasteiger partial charge in [-0.25, -0.2) is 4.98 Å². The summed E-state index contributed by atoms with van der Waals surface area (Å²) in [5, 5.41) is 8.73. The van der Waals surface area contributed by atoms with Crippen LogP contribution in [0.4, 0.5) is 0 Å². The van der Waals surface area contributed by atoms with Crippen LogP contribution >= 0.6 is 15.9 Å². The molecule has 0 saturated carbocycles. The molecule has 0 aliphatic heterocycles. The molecule has 3 nitrogen and oxygen atoms in total. The lowest BCUT2D eigenvalue weighted by Gasteiger charge is -2.07. The molecule has 84 valence electrons. The fourth-order valence-corrected chi connectivity index (χ4v) is 1.73. The number of nitriles is 1. The molecule has 0 spiro atoms. The van der Waals surface area contributed by atoms with Crippen LogP contribution in [0.3, 0.4) is 0 Å². The van der Waals surface area contributed by atoms with Gasteiger partial charge in [0.1, 0.15) is 24.1 Å². The summed E-state index contributed by atoms with van der Waals surface area (Å²) in [6, 6.07) is 14.9. The monoisotopic (exact) mass is 288 g/mol. The number of hydrogen-bond acceptors (Lipinski definition) is 3.